The van der Waals surface area contributed by atoms with Crippen molar-refractivity contribution in [3.05, 3.63) is 65.2 Å². The second-order valence-corrected chi connectivity index (χ2v) is 8.40. The van der Waals surface area contributed by atoms with Crippen molar-refractivity contribution in [2.45, 2.75) is 45.1 Å². The highest BCUT2D eigenvalue weighted by Gasteiger charge is 2.23. The number of nitrogens with one attached hydrogen (secondary N) is 1. The van der Waals surface area contributed by atoms with Gasteiger partial charge in [-0.05, 0) is 37.1 Å². The number of carbonyl (C=O) groups excluding carboxylic acids is 1. The van der Waals surface area contributed by atoms with Crippen LogP contribution in [0.3, 0.4) is 0 Å². The van der Waals surface area contributed by atoms with Crippen molar-refractivity contribution in [2.75, 3.05) is 13.1 Å². The van der Waals surface area contributed by atoms with E-state index in [0.29, 0.717) is 18.7 Å². The summed E-state index contributed by atoms with van der Waals surface area (Å²) < 4.78 is 26.8. The van der Waals surface area contributed by atoms with Gasteiger partial charge in [-0.25, -0.2) is 8.42 Å². The number of sulfonamides is 1. The van der Waals surface area contributed by atoms with E-state index in [4.69, 9.17) is 0 Å². The average molecular weight is 389 g/mol. The molecule has 2 rings (SSSR count). The van der Waals surface area contributed by atoms with Crippen LogP contribution < -0.4 is 5.32 Å². The van der Waals surface area contributed by atoms with Gasteiger partial charge in [0, 0.05) is 18.7 Å². The van der Waals surface area contributed by atoms with Gasteiger partial charge in [0.25, 0.3) is 5.91 Å². The molecule has 0 aliphatic rings. The van der Waals surface area contributed by atoms with Crippen LogP contribution in [0.25, 0.3) is 0 Å². The zero-order valence-electron chi connectivity index (χ0n) is 16.4. The number of amides is 1. The van der Waals surface area contributed by atoms with E-state index in [-0.39, 0.29) is 16.8 Å². The smallest absolute Gasteiger partial charge is 0.251 e. The Bertz CT molecular complexity index is 873. The van der Waals surface area contributed by atoms with E-state index in [2.05, 4.69) is 5.32 Å². The first-order valence-electron chi connectivity index (χ1n) is 9.31. The largest absolute Gasteiger partial charge is 0.345 e. The number of aryl methyl sites for hydroxylation is 1. The van der Waals surface area contributed by atoms with Gasteiger partial charge in [0.15, 0.2) is 0 Å². The van der Waals surface area contributed by atoms with Crippen LogP contribution in [-0.4, -0.2) is 31.7 Å². The average Bonchev–Trinajstić information content (AvgIpc) is 2.67. The summed E-state index contributed by atoms with van der Waals surface area (Å²) >= 11 is 0. The Kier molecular flexibility index (Phi) is 7.16. The minimum Gasteiger partial charge on any atom is -0.345 e. The van der Waals surface area contributed by atoms with E-state index >= 15 is 0 Å². The summed E-state index contributed by atoms with van der Waals surface area (Å²) in [5, 5.41) is 3.01. The predicted molar refractivity (Wildman–Crippen MR) is 108 cm³/mol. The lowest BCUT2D eigenvalue weighted by molar-refractivity contribution is 0.0935. The Hall–Kier alpha value is -2.18. The lowest BCUT2D eigenvalue weighted by Gasteiger charge is -2.20. The van der Waals surface area contributed by atoms with Crippen molar-refractivity contribution in [1.82, 2.24) is 9.62 Å². The van der Waals surface area contributed by atoms with Crippen LogP contribution in [0, 0.1) is 6.92 Å². The molecule has 0 heterocycles. The maximum absolute atomic E-state index is 12.7. The fraction of sp³-hybridized carbons (Fsp3) is 0.381. The predicted octanol–water partition coefficient (Wildman–Crippen LogP) is 3.91. The van der Waals surface area contributed by atoms with Gasteiger partial charge in [0.1, 0.15) is 0 Å². The Labute approximate surface area is 162 Å². The fourth-order valence-corrected chi connectivity index (χ4v) is 4.48. The molecule has 146 valence electrons. The quantitative estimate of drug-likeness (QED) is 0.746. The molecule has 0 aliphatic heterocycles. The SMILES string of the molecule is CCC(NC(=O)c1cccc(S(=O)(=O)N(CC)CC)c1)c1ccc(C)cc1. The summed E-state index contributed by atoms with van der Waals surface area (Å²) in [6, 6.07) is 14.1. The molecule has 27 heavy (non-hydrogen) atoms. The number of rotatable bonds is 8. The molecule has 2 aromatic rings. The van der Waals surface area contributed by atoms with Gasteiger partial charge < -0.3 is 5.32 Å². The van der Waals surface area contributed by atoms with Crippen molar-refractivity contribution in [3.8, 4) is 0 Å². The second kappa shape index (κ2) is 9.15. The summed E-state index contributed by atoms with van der Waals surface area (Å²) in [5.41, 5.74) is 2.53. The van der Waals surface area contributed by atoms with Crippen molar-refractivity contribution in [2.24, 2.45) is 0 Å². The molecule has 0 bridgehead atoms. The first-order chi connectivity index (χ1) is 12.8. The molecular formula is C21H28N2O3S. The molecule has 1 amide bonds. The molecule has 1 N–H and O–H groups in total. The van der Waals surface area contributed by atoms with E-state index in [0.717, 1.165) is 17.5 Å². The van der Waals surface area contributed by atoms with Crippen LogP contribution in [0.15, 0.2) is 53.4 Å². The Morgan fingerprint density at radius 2 is 1.67 bits per heavy atom. The van der Waals surface area contributed by atoms with Gasteiger partial charge in [-0.15, -0.1) is 0 Å². The molecule has 0 saturated heterocycles. The maximum Gasteiger partial charge on any atom is 0.251 e. The molecule has 0 aromatic heterocycles. The zero-order chi connectivity index (χ0) is 20.0. The first kappa shape index (κ1) is 21.1. The van der Waals surface area contributed by atoms with E-state index in [1.165, 1.54) is 16.4 Å². The van der Waals surface area contributed by atoms with E-state index < -0.39 is 10.0 Å². The number of nitrogens with zero attached hydrogens (tertiary/aromatic N) is 1. The van der Waals surface area contributed by atoms with Gasteiger partial charge in [0.05, 0.1) is 10.9 Å². The number of hydrogen-bond acceptors (Lipinski definition) is 3. The van der Waals surface area contributed by atoms with E-state index in [9.17, 15) is 13.2 Å². The highest BCUT2D eigenvalue weighted by molar-refractivity contribution is 7.89. The third kappa shape index (κ3) is 4.96. The van der Waals surface area contributed by atoms with Crippen molar-refractivity contribution in [1.29, 1.82) is 0 Å². The Morgan fingerprint density at radius 1 is 1.04 bits per heavy atom. The maximum atomic E-state index is 12.7. The Balaban J connectivity index is 2.25. The summed E-state index contributed by atoms with van der Waals surface area (Å²) in [6.07, 6.45) is 0.742. The van der Waals surface area contributed by atoms with Gasteiger partial charge >= 0.3 is 0 Å². The highest BCUT2D eigenvalue weighted by atomic mass is 32.2. The fourth-order valence-electron chi connectivity index (χ4n) is 2.97. The molecule has 1 unspecified atom stereocenters. The standard InChI is InChI=1S/C21H28N2O3S/c1-5-20(17-13-11-16(4)12-14-17)22-21(24)18-9-8-10-19(15-18)27(25,26)23(6-2)7-3/h8-15,20H,5-7H2,1-4H3,(H,22,24). The summed E-state index contributed by atoms with van der Waals surface area (Å²) in [4.78, 5) is 12.9. The first-order valence-corrected chi connectivity index (χ1v) is 10.7. The third-order valence-electron chi connectivity index (χ3n) is 4.63. The molecule has 1 atom stereocenters. The normalized spacial score (nSPS) is 12.8. The van der Waals surface area contributed by atoms with Crippen molar-refractivity contribution < 1.29 is 13.2 Å². The van der Waals surface area contributed by atoms with Crippen molar-refractivity contribution >= 4 is 15.9 Å². The minimum atomic E-state index is -3.59. The van der Waals surface area contributed by atoms with Crippen LogP contribution >= 0.6 is 0 Å². The summed E-state index contributed by atoms with van der Waals surface area (Å²) in [7, 11) is -3.59. The molecule has 0 spiro atoms. The third-order valence-corrected chi connectivity index (χ3v) is 6.68. The summed E-state index contributed by atoms with van der Waals surface area (Å²) in [5.74, 6) is -0.279. The number of benzene rings is 2. The lowest BCUT2D eigenvalue weighted by atomic mass is 10.0. The second-order valence-electron chi connectivity index (χ2n) is 6.46. The summed E-state index contributed by atoms with van der Waals surface area (Å²) in [6.45, 7) is 8.40. The van der Waals surface area contributed by atoms with E-state index in [1.54, 1.807) is 26.0 Å². The van der Waals surface area contributed by atoms with Gasteiger partial charge in [-0.2, -0.15) is 4.31 Å². The van der Waals surface area contributed by atoms with Crippen LogP contribution in [0.5, 0.6) is 0 Å². The Morgan fingerprint density at radius 3 is 2.22 bits per heavy atom. The van der Waals surface area contributed by atoms with Crippen LogP contribution in [0.2, 0.25) is 0 Å². The number of hydrogen-bond donors (Lipinski definition) is 1. The van der Waals surface area contributed by atoms with Gasteiger partial charge in [0.2, 0.25) is 10.0 Å². The van der Waals surface area contributed by atoms with Crippen LogP contribution in [0.4, 0.5) is 0 Å². The molecular weight excluding hydrogens is 360 g/mol. The lowest BCUT2D eigenvalue weighted by Crippen LogP contribution is -2.31. The molecule has 0 aliphatic carbocycles. The van der Waals surface area contributed by atoms with Gasteiger partial charge in [-0.3, -0.25) is 4.79 Å². The zero-order valence-corrected chi connectivity index (χ0v) is 17.2. The van der Waals surface area contributed by atoms with E-state index in [1.807, 2.05) is 38.1 Å². The molecule has 2 aromatic carbocycles. The number of carbonyl (C=O) groups is 1. The van der Waals surface area contributed by atoms with Crippen LogP contribution in [0.1, 0.15) is 54.7 Å². The molecule has 0 radical (unpaired) electrons. The molecule has 6 heteroatoms. The minimum absolute atomic E-state index is 0.124. The van der Waals surface area contributed by atoms with Crippen LogP contribution in [-0.2, 0) is 10.0 Å². The topological polar surface area (TPSA) is 66.5 Å². The van der Waals surface area contributed by atoms with Crippen molar-refractivity contribution in [3.63, 3.8) is 0 Å². The monoisotopic (exact) mass is 388 g/mol. The highest BCUT2D eigenvalue weighted by Crippen LogP contribution is 2.20. The molecule has 5 nitrogen and oxygen atoms in total. The molecule has 0 saturated carbocycles. The van der Waals surface area contributed by atoms with Gasteiger partial charge in [-0.1, -0.05) is 56.7 Å². The molecule has 0 fully saturated rings.